The fourth-order valence-corrected chi connectivity index (χ4v) is 5.87. The van der Waals surface area contributed by atoms with Gasteiger partial charge in [0.05, 0.1) is 42.2 Å². The van der Waals surface area contributed by atoms with Gasteiger partial charge in [-0.2, -0.15) is 0 Å². The van der Waals surface area contributed by atoms with Gasteiger partial charge >= 0.3 is 5.91 Å². The van der Waals surface area contributed by atoms with Crippen molar-refractivity contribution in [2.24, 2.45) is 0 Å². The number of thiazole rings is 1. The summed E-state index contributed by atoms with van der Waals surface area (Å²) in [7, 11) is 1.51. The number of aliphatic hydroxyl groups is 1. The lowest BCUT2D eigenvalue weighted by Crippen LogP contribution is -2.29. The summed E-state index contributed by atoms with van der Waals surface area (Å²) in [5.74, 6) is -1.05. The number of Topliss-reactive ketones (excluding diaryl/α,β-unsaturated/α-hetero) is 1. The van der Waals surface area contributed by atoms with Crippen molar-refractivity contribution in [1.29, 1.82) is 0 Å². The number of fused-ring (bicyclic) bond motifs is 1. The average Bonchev–Trinajstić information content (AvgIpc) is 3.54. The van der Waals surface area contributed by atoms with E-state index < -0.39 is 23.5 Å². The lowest BCUT2D eigenvalue weighted by Gasteiger charge is -2.24. The highest BCUT2D eigenvalue weighted by atomic mass is 32.1. The number of rotatable bonds is 12. The van der Waals surface area contributed by atoms with Gasteiger partial charge in [-0.15, -0.1) is 0 Å². The molecule has 1 aliphatic rings. The molecule has 1 atom stereocenters. The highest BCUT2D eigenvalue weighted by Crippen LogP contribution is 2.46. The molecule has 0 spiro atoms. The summed E-state index contributed by atoms with van der Waals surface area (Å²) in [5.41, 5.74) is 1.20. The number of aliphatic hydroxyl groups excluding tert-OH is 1. The Bertz CT molecular complexity index is 1680. The maximum absolute atomic E-state index is 14.0. The maximum atomic E-state index is 14.0. The number of unbranched alkanes of at least 4 members (excludes halogenated alkanes) is 2. The van der Waals surface area contributed by atoms with Gasteiger partial charge in [-0.1, -0.05) is 56.2 Å². The van der Waals surface area contributed by atoms with E-state index in [2.05, 4.69) is 18.8 Å². The van der Waals surface area contributed by atoms with Gasteiger partial charge in [0.25, 0.3) is 5.78 Å². The number of amides is 1. The second-order valence-electron chi connectivity index (χ2n) is 10.1. The monoisotopic (exact) mass is 604 g/mol. The third-order valence-corrected chi connectivity index (χ3v) is 8.14. The molecule has 1 saturated heterocycles. The van der Waals surface area contributed by atoms with E-state index in [1.165, 1.54) is 30.2 Å². The first-order valence-electron chi connectivity index (χ1n) is 14.3. The third-order valence-electron chi connectivity index (χ3n) is 7.12. The van der Waals surface area contributed by atoms with Crippen LogP contribution in [0.4, 0.5) is 9.52 Å². The van der Waals surface area contributed by atoms with Gasteiger partial charge in [-0.25, -0.2) is 9.37 Å². The fraction of sp³-hybridized carbons (Fsp3) is 0.303. The molecule has 4 aromatic rings. The zero-order chi connectivity index (χ0) is 30.5. The molecular weight excluding hydrogens is 571 g/mol. The Hall–Kier alpha value is -4.44. The van der Waals surface area contributed by atoms with Crippen LogP contribution in [0.5, 0.6) is 17.2 Å². The Labute approximate surface area is 253 Å². The van der Waals surface area contributed by atoms with Crippen molar-refractivity contribution in [1.82, 2.24) is 4.98 Å². The Morgan fingerprint density at radius 2 is 1.74 bits per heavy atom. The van der Waals surface area contributed by atoms with Crippen molar-refractivity contribution >= 4 is 44.1 Å². The molecule has 0 radical (unpaired) electrons. The van der Waals surface area contributed by atoms with Gasteiger partial charge in [-0.05, 0) is 60.9 Å². The Kier molecular flexibility index (Phi) is 9.25. The van der Waals surface area contributed by atoms with Crippen molar-refractivity contribution in [2.75, 3.05) is 25.2 Å². The molecule has 43 heavy (non-hydrogen) atoms. The van der Waals surface area contributed by atoms with Gasteiger partial charge in [0.15, 0.2) is 16.6 Å². The van der Waals surface area contributed by atoms with Crippen LogP contribution in [0, 0.1) is 5.82 Å². The lowest BCUT2D eigenvalue weighted by atomic mass is 9.95. The first-order chi connectivity index (χ1) is 20.9. The number of ether oxygens (including phenoxy) is 3. The van der Waals surface area contributed by atoms with Gasteiger partial charge in [-0.3, -0.25) is 14.5 Å². The Morgan fingerprint density at radius 1 is 0.977 bits per heavy atom. The first kappa shape index (κ1) is 30.0. The molecule has 2 heterocycles. The van der Waals surface area contributed by atoms with E-state index in [4.69, 9.17) is 14.2 Å². The summed E-state index contributed by atoms with van der Waals surface area (Å²) in [5, 5.41) is 11.8. The van der Waals surface area contributed by atoms with Gasteiger partial charge in [0, 0.05) is 5.56 Å². The average molecular weight is 605 g/mol. The van der Waals surface area contributed by atoms with Crippen LogP contribution in [0.15, 0.2) is 66.2 Å². The molecule has 1 aromatic heterocycles. The largest absolute Gasteiger partial charge is 0.507 e. The number of hydrogen-bond donors (Lipinski definition) is 1. The molecule has 3 aromatic carbocycles. The predicted molar refractivity (Wildman–Crippen MR) is 165 cm³/mol. The normalized spacial score (nSPS) is 16.2. The number of methoxy groups -OCH3 is 1. The van der Waals surface area contributed by atoms with E-state index in [1.807, 2.05) is 0 Å². The number of nitrogens with zero attached hydrogens (tertiary/aromatic N) is 2. The molecule has 8 nitrogen and oxygen atoms in total. The highest BCUT2D eigenvalue weighted by Gasteiger charge is 2.48. The number of carbonyl (C=O) groups excluding carboxylic acids is 2. The van der Waals surface area contributed by atoms with Gasteiger partial charge in [0.2, 0.25) is 0 Å². The second-order valence-corrected chi connectivity index (χ2v) is 11.1. The SMILES string of the molecule is CCCCOc1cccc(/C(O)=C2\C(=O)C(=O)N(c3nc4ccc(F)cc4s3)C2c2ccc(OCCCC)c(OC)c2)c1. The van der Waals surface area contributed by atoms with Crippen LogP contribution < -0.4 is 19.1 Å². The molecule has 0 saturated carbocycles. The van der Waals surface area contributed by atoms with Crippen LogP contribution in [0.25, 0.3) is 16.0 Å². The van der Waals surface area contributed by atoms with E-state index in [9.17, 15) is 19.1 Å². The van der Waals surface area contributed by atoms with Crippen molar-refractivity contribution in [3.63, 3.8) is 0 Å². The van der Waals surface area contributed by atoms with E-state index >= 15 is 0 Å². The van der Waals surface area contributed by atoms with Crippen LogP contribution >= 0.6 is 11.3 Å². The maximum Gasteiger partial charge on any atom is 0.301 e. The predicted octanol–water partition coefficient (Wildman–Crippen LogP) is 7.43. The van der Waals surface area contributed by atoms with Crippen LogP contribution in [0.2, 0.25) is 0 Å². The molecule has 0 bridgehead atoms. The Balaban J connectivity index is 1.65. The van der Waals surface area contributed by atoms with Crippen LogP contribution in [0.3, 0.4) is 0 Å². The molecule has 1 unspecified atom stereocenters. The lowest BCUT2D eigenvalue weighted by molar-refractivity contribution is -0.132. The third kappa shape index (κ3) is 6.19. The van der Waals surface area contributed by atoms with Crippen molar-refractivity contribution in [3.05, 3.63) is 83.2 Å². The smallest absolute Gasteiger partial charge is 0.301 e. The molecule has 1 aliphatic heterocycles. The van der Waals surface area contributed by atoms with Crippen molar-refractivity contribution < 1.29 is 33.3 Å². The van der Waals surface area contributed by atoms with Crippen molar-refractivity contribution in [2.45, 2.75) is 45.6 Å². The summed E-state index contributed by atoms with van der Waals surface area (Å²) in [6.45, 7) is 5.14. The molecule has 1 N–H and O–H groups in total. The van der Waals surface area contributed by atoms with Crippen molar-refractivity contribution in [3.8, 4) is 17.2 Å². The quantitative estimate of drug-likeness (QED) is 0.0777. The number of ketones is 1. The van der Waals surface area contributed by atoms with E-state index in [0.717, 1.165) is 37.0 Å². The number of aromatic nitrogens is 1. The highest BCUT2D eigenvalue weighted by molar-refractivity contribution is 7.22. The number of anilines is 1. The Morgan fingerprint density at radius 3 is 2.49 bits per heavy atom. The summed E-state index contributed by atoms with van der Waals surface area (Å²) < 4.78 is 31.8. The molecule has 5 rings (SSSR count). The zero-order valence-corrected chi connectivity index (χ0v) is 25.1. The summed E-state index contributed by atoms with van der Waals surface area (Å²) in [6.07, 6.45) is 3.66. The summed E-state index contributed by atoms with van der Waals surface area (Å²) >= 11 is 1.08. The van der Waals surface area contributed by atoms with Gasteiger partial charge in [0.1, 0.15) is 17.3 Å². The first-order valence-corrected chi connectivity index (χ1v) is 15.1. The summed E-state index contributed by atoms with van der Waals surface area (Å²) in [4.78, 5) is 33.1. The number of hydrogen-bond acceptors (Lipinski definition) is 8. The zero-order valence-electron chi connectivity index (χ0n) is 24.3. The minimum Gasteiger partial charge on any atom is -0.507 e. The molecule has 10 heteroatoms. The fourth-order valence-electron chi connectivity index (χ4n) is 4.86. The molecule has 0 aliphatic carbocycles. The van der Waals surface area contributed by atoms with Crippen LogP contribution in [-0.4, -0.2) is 42.1 Å². The standard InChI is InChI=1S/C33H33FN2O6S/c1-4-6-15-41-23-10-8-9-21(17-23)30(37)28-29(20-11-14-25(26(18-20)40-3)42-16-7-5-2)36(32(39)31(28)38)33-35-24-13-12-22(34)19-27(24)43-33/h8-14,17-19,29,37H,4-7,15-16H2,1-3H3/b30-28+. The summed E-state index contributed by atoms with van der Waals surface area (Å²) in [6, 6.07) is 15.0. The van der Waals surface area contributed by atoms with E-state index in [0.29, 0.717) is 51.8 Å². The van der Waals surface area contributed by atoms with Crippen LogP contribution in [0.1, 0.15) is 56.7 Å². The molecule has 1 fully saturated rings. The van der Waals surface area contributed by atoms with Crippen LogP contribution in [-0.2, 0) is 9.59 Å². The number of halogens is 1. The van der Waals surface area contributed by atoms with Gasteiger partial charge < -0.3 is 19.3 Å². The topological polar surface area (TPSA) is 98.2 Å². The number of benzene rings is 3. The van der Waals surface area contributed by atoms with E-state index in [1.54, 1.807) is 42.5 Å². The molecule has 224 valence electrons. The molecular formula is C33H33FN2O6S. The van der Waals surface area contributed by atoms with E-state index in [-0.39, 0.29) is 16.5 Å². The second kappa shape index (κ2) is 13.2. The minimum absolute atomic E-state index is 0.108. The molecule has 1 amide bonds. The minimum atomic E-state index is -1.05. The number of carbonyl (C=O) groups is 2.